The van der Waals surface area contributed by atoms with Crippen LogP contribution in [0.15, 0.2) is 12.4 Å². The molecule has 2 saturated heterocycles. The lowest BCUT2D eigenvalue weighted by atomic mass is 9.71. The second-order valence-electron chi connectivity index (χ2n) is 8.36. The van der Waals surface area contributed by atoms with Gasteiger partial charge in [0.1, 0.15) is 18.0 Å². The monoisotopic (exact) mass is 344 g/mol. The fraction of sp³-hybridized carbons (Fsp3) is 0.789. The van der Waals surface area contributed by atoms with Crippen LogP contribution in [0.5, 0.6) is 0 Å². The van der Waals surface area contributed by atoms with Gasteiger partial charge in [0.25, 0.3) is 0 Å². The van der Waals surface area contributed by atoms with Gasteiger partial charge in [-0.15, -0.1) is 0 Å². The van der Waals surface area contributed by atoms with Crippen LogP contribution in [0.4, 0.5) is 11.6 Å². The smallest absolute Gasteiger partial charge is 0.168 e. The molecule has 2 spiro atoms. The highest BCUT2D eigenvalue weighted by Gasteiger charge is 2.48. The fourth-order valence-electron chi connectivity index (χ4n) is 4.67. The minimum atomic E-state index is -0.256. The summed E-state index contributed by atoms with van der Waals surface area (Å²) < 4.78 is 11.8. The molecule has 4 fully saturated rings. The van der Waals surface area contributed by atoms with E-state index in [0.29, 0.717) is 5.41 Å². The van der Waals surface area contributed by atoms with Crippen LogP contribution in [-0.4, -0.2) is 48.6 Å². The van der Waals surface area contributed by atoms with Gasteiger partial charge >= 0.3 is 0 Å². The Morgan fingerprint density at radius 3 is 2.64 bits per heavy atom. The van der Waals surface area contributed by atoms with Crippen molar-refractivity contribution in [1.29, 1.82) is 0 Å². The topological polar surface area (TPSA) is 59.5 Å². The van der Waals surface area contributed by atoms with E-state index in [1.54, 1.807) is 6.33 Å². The normalized spacial score (nSPS) is 27.3. The molecule has 6 nitrogen and oxygen atoms in total. The summed E-state index contributed by atoms with van der Waals surface area (Å²) in [6.45, 7) is 4.76. The number of anilines is 2. The third-order valence-corrected chi connectivity index (χ3v) is 6.57. The lowest BCUT2D eigenvalue weighted by Gasteiger charge is -2.41. The first-order chi connectivity index (χ1) is 12.2. The molecule has 136 valence electrons. The Bertz CT molecular complexity index is 618. The van der Waals surface area contributed by atoms with Gasteiger partial charge in [0, 0.05) is 38.5 Å². The van der Waals surface area contributed by atoms with E-state index in [0.717, 1.165) is 63.2 Å². The van der Waals surface area contributed by atoms with Crippen LogP contribution in [0.3, 0.4) is 0 Å². The standard InChI is InChI=1S/C19H28N4O2/c1-2-15(1)12-20-16-11-17(22-14-21-16)23-8-7-18(13-23)3-5-19(6-4-18)24-9-10-25-19/h11,14-15H,1-10,12-13H2,(H,20,21,22). The number of rotatable bonds is 4. The third kappa shape index (κ3) is 3.22. The summed E-state index contributed by atoms with van der Waals surface area (Å²) in [5.41, 5.74) is 0.410. The largest absolute Gasteiger partial charge is 0.370 e. The molecule has 25 heavy (non-hydrogen) atoms. The molecule has 2 aliphatic carbocycles. The van der Waals surface area contributed by atoms with Crippen LogP contribution in [-0.2, 0) is 9.47 Å². The van der Waals surface area contributed by atoms with Crippen molar-refractivity contribution in [1.82, 2.24) is 9.97 Å². The molecule has 1 aromatic heterocycles. The molecule has 2 aliphatic heterocycles. The Labute approximate surface area is 149 Å². The fourth-order valence-corrected chi connectivity index (χ4v) is 4.67. The van der Waals surface area contributed by atoms with Gasteiger partial charge in [-0.1, -0.05) is 0 Å². The van der Waals surface area contributed by atoms with E-state index in [1.807, 2.05) is 0 Å². The molecule has 0 bridgehead atoms. The van der Waals surface area contributed by atoms with Crippen LogP contribution in [0.1, 0.15) is 44.9 Å². The van der Waals surface area contributed by atoms with Crippen LogP contribution in [0.25, 0.3) is 0 Å². The molecule has 0 amide bonds. The lowest BCUT2D eigenvalue weighted by molar-refractivity contribution is -0.190. The van der Waals surface area contributed by atoms with E-state index >= 15 is 0 Å². The van der Waals surface area contributed by atoms with E-state index in [2.05, 4.69) is 26.3 Å². The number of hydrogen-bond donors (Lipinski definition) is 1. The number of hydrogen-bond acceptors (Lipinski definition) is 6. The molecule has 2 saturated carbocycles. The first-order valence-electron chi connectivity index (χ1n) is 9.83. The zero-order chi connectivity index (χ0) is 16.7. The van der Waals surface area contributed by atoms with E-state index in [9.17, 15) is 0 Å². The van der Waals surface area contributed by atoms with Crippen molar-refractivity contribution in [3.63, 3.8) is 0 Å². The molecule has 1 aromatic rings. The van der Waals surface area contributed by atoms with Crippen molar-refractivity contribution in [3.8, 4) is 0 Å². The molecule has 4 aliphatic rings. The highest BCUT2D eigenvalue weighted by molar-refractivity contribution is 5.49. The predicted molar refractivity (Wildman–Crippen MR) is 95.6 cm³/mol. The highest BCUT2D eigenvalue weighted by atomic mass is 16.7. The molecule has 0 unspecified atom stereocenters. The maximum absolute atomic E-state index is 5.90. The minimum absolute atomic E-state index is 0.256. The van der Waals surface area contributed by atoms with Gasteiger partial charge in [-0.25, -0.2) is 9.97 Å². The van der Waals surface area contributed by atoms with Gasteiger partial charge in [0.15, 0.2) is 5.79 Å². The number of aromatic nitrogens is 2. The third-order valence-electron chi connectivity index (χ3n) is 6.57. The zero-order valence-corrected chi connectivity index (χ0v) is 14.9. The van der Waals surface area contributed by atoms with Gasteiger partial charge in [0.05, 0.1) is 13.2 Å². The summed E-state index contributed by atoms with van der Waals surface area (Å²) in [6, 6.07) is 2.12. The second-order valence-corrected chi connectivity index (χ2v) is 8.36. The Kier molecular flexibility index (Phi) is 3.86. The van der Waals surface area contributed by atoms with Crippen LogP contribution >= 0.6 is 0 Å². The summed E-state index contributed by atoms with van der Waals surface area (Å²) in [7, 11) is 0. The number of nitrogens with one attached hydrogen (secondary N) is 1. The number of nitrogens with zero attached hydrogens (tertiary/aromatic N) is 3. The van der Waals surface area contributed by atoms with Crippen molar-refractivity contribution in [2.45, 2.75) is 50.7 Å². The van der Waals surface area contributed by atoms with Gasteiger partial charge < -0.3 is 19.7 Å². The zero-order valence-electron chi connectivity index (χ0n) is 14.9. The van der Waals surface area contributed by atoms with E-state index < -0.39 is 0 Å². The highest BCUT2D eigenvalue weighted by Crippen LogP contribution is 2.49. The van der Waals surface area contributed by atoms with Crippen molar-refractivity contribution in [2.75, 3.05) is 43.1 Å². The Hall–Kier alpha value is -1.40. The Morgan fingerprint density at radius 2 is 1.88 bits per heavy atom. The van der Waals surface area contributed by atoms with Crippen LogP contribution in [0, 0.1) is 11.3 Å². The Balaban J connectivity index is 1.22. The van der Waals surface area contributed by atoms with Crippen molar-refractivity contribution >= 4 is 11.6 Å². The first-order valence-corrected chi connectivity index (χ1v) is 9.83. The average molecular weight is 344 g/mol. The van der Waals surface area contributed by atoms with Crippen LogP contribution < -0.4 is 10.2 Å². The molecule has 0 aromatic carbocycles. The molecule has 1 N–H and O–H groups in total. The lowest BCUT2D eigenvalue weighted by Crippen LogP contribution is -2.41. The summed E-state index contributed by atoms with van der Waals surface area (Å²) in [4.78, 5) is 11.4. The molecule has 0 radical (unpaired) electrons. The quantitative estimate of drug-likeness (QED) is 0.906. The molecule has 6 heteroatoms. The van der Waals surface area contributed by atoms with E-state index in [4.69, 9.17) is 9.47 Å². The maximum Gasteiger partial charge on any atom is 0.168 e. The summed E-state index contributed by atoms with van der Waals surface area (Å²) in [6.07, 6.45) is 10.1. The molecule has 0 atom stereocenters. The first kappa shape index (κ1) is 15.8. The van der Waals surface area contributed by atoms with Crippen molar-refractivity contribution in [3.05, 3.63) is 12.4 Å². The van der Waals surface area contributed by atoms with E-state index in [1.165, 1.54) is 32.1 Å². The van der Waals surface area contributed by atoms with Gasteiger partial charge in [-0.3, -0.25) is 0 Å². The molecule has 5 rings (SSSR count). The molecular weight excluding hydrogens is 316 g/mol. The number of ether oxygens (including phenoxy) is 2. The summed E-state index contributed by atoms with van der Waals surface area (Å²) in [5, 5.41) is 3.46. The van der Waals surface area contributed by atoms with E-state index in [-0.39, 0.29) is 5.79 Å². The minimum Gasteiger partial charge on any atom is -0.370 e. The molecular formula is C19H28N4O2. The molecule has 3 heterocycles. The summed E-state index contributed by atoms with van der Waals surface area (Å²) >= 11 is 0. The second kappa shape index (κ2) is 6.09. The van der Waals surface area contributed by atoms with Gasteiger partial charge in [-0.05, 0) is 43.4 Å². The van der Waals surface area contributed by atoms with Gasteiger partial charge in [0.2, 0.25) is 0 Å². The predicted octanol–water partition coefficient (Wildman–Crippen LogP) is 2.81. The van der Waals surface area contributed by atoms with Crippen LogP contribution in [0.2, 0.25) is 0 Å². The average Bonchev–Trinajstić information content (AvgIpc) is 3.21. The van der Waals surface area contributed by atoms with Gasteiger partial charge in [-0.2, -0.15) is 0 Å². The Morgan fingerprint density at radius 1 is 1.08 bits per heavy atom. The van der Waals surface area contributed by atoms with Crippen molar-refractivity contribution in [2.24, 2.45) is 11.3 Å². The maximum atomic E-state index is 5.90. The SMILES string of the molecule is c1nc(NCC2CC2)cc(N2CCC3(CCC4(CC3)OCCO4)C2)n1. The summed E-state index contributed by atoms with van der Waals surface area (Å²) in [5.74, 6) is 2.63. The van der Waals surface area contributed by atoms with Crippen molar-refractivity contribution < 1.29 is 9.47 Å².